The predicted octanol–water partition coefficient (Wildman–Crippen LogP) is 7.04. The molecule has 5 aliphatic rings. The largest absolute Gasteiger partial charge is 0.480 e. The second-order valence-corrected chi connectivity index (χ2v) is 13.8. The maximum absolute atomic E-state index is 5.74. The molecule has 6 heterocycles. The number of aromatic nitrogens is 2. The highest BCUT2D eigenvalue weighted by Gasteiger charge is 2.39. The molecule has 2 aromatic rings. The molecule has 1 aliphatic carbocycles. The number of pyridine rings is 2. The van der Waals surface area contributed by atoms with Crippen molar-refractivity contribution in [2.45, 2.75) is 0 Å². The van der Waals surface area contributed by atoms with Crippen LogP contribution in [0.3, 0.4) is 0 Å². The smallest absolute Gasteiger partial charge is 0.208 e. The SMILES string of the molecule is c1cnc2c(c1)C(=C1SC3=C(SC(=C4SC5=C(OCCO5)S4)S3)S1)c1cccnc1-2. The summed E-state index contributed by atoms with van der Waals surface area (Å²) in [5.41, 5.74) is 5.61. The van der Waals surface area contributed by atoms with E-state index in [2.05, 4.69) is 22.1 Å². The zero-order chi connectivity index (χ0) is 19.7. The molecular formula is C20H10N2O2S6. The summed E-state index contributed by atoms with van der Waals surface area (Å²) in [6, 6.07) is 8.34. The summed E-state index contributed by atoms with van der Waals surface area (Å²) in [6.07, 6.45) is 3.69. The summed E-state index contributed by atoms with van der Waals surface area (Å²) < 4.78 is 18.1. The molecule has 0 amide bonds. The fraction of sp³-hybridized carbons (Fsp3) is 0.100. The van der Waals surface area contributed by atoms with E-state index in [1.807, 2.05) is 71.6 Å². The average Bonchev–Trinajstić information content (AvgIpc) is 3.52. The molecule has 0 aromatic carbocycles. The minimum atomic E-state index is 0.638. The first-order valence-electron chi connectivity index (χ1n) is 9.06. The summed E-state index contributed by atoms with van der Waals surface area (Å²) in [6.45, 7) is 1.28. The van der Waals surface area contributed by atoms with Gasteiger partial charge in [0.25, 0.3) is 0 Å². The van der Waals surface area contributed by atoms with Gasteiger partial charge in [-0.1, -0.05) is 59.2 Å². The van der Waals surface area contributed by atoms with Crippen LogP contribution in [0.1, 0.15) is 11.1 Å². The molecule has 7 rings (SSSR count). The molecule has 10 heteroatoms. The summed E-state index contributed by atoms with van der Waals surface area (Å²) >= 11 is 10.9. The molecule has 0 fully saturated rings. The Bertz CT molecular complexity index is 1180. The molecule has 0 N–H and O–H groups in total. The van der Waals surface area contributed by atoms with Crippen molar-refractivity contribution in [2.24, 2.45) is 0 Å². The highest BCUT2D eigenvalue weighted by Crippen LogP contribution is 2.71. The van der Waals surface area contributed by atoms with Crippen LogP contribution in [0.5, 0.6) is 0 Å². The Labute approximate surface area is 198 Å². The highest BCUT2D eigenvalue weighted by molar-refractivity contribution is 8.49. The lowest BCUT2D eigenvalue weighted by atomic mass is 10.1. The molecule has 2 aromatic heterocycles. The predicted molar refractivity (Wildman–Crippen MR) is 132 cm³/mol. The topological polar surface area (TPSA) is 44.2 Å². The quantitative estimate of drug-likeness (QED) is 0.320. The molecule has 148 valence electrons. The maximum Gasteiger partial charge on any atom is 0.208 e. The molecule has 4 aliphatic heterocycles. The first-order valence-corrected chi connectivity index (χ1v) is 14.0. The Morgan fingerprint density at radius 2 is 1.07 bits per heavy atom. The van der Waals surface area contributed by atoms with Crippen molar-refractivity contribution >= 4 is 76.1 Å². The van der Waals surface area contributed by atoms with Crippen molar-refractivity contribution in [3.8, 4) is 11.4 Å². The van der Waals surface area contributed by atoms with Gasteiger partial charge in [-0.15, -0.1) is 0 Å². The number of hydrogen-bond acceptors (Lipinski definition) is 10. The van der Waals surface area contributed by atoms with Gasteiger partial charge in [-0.2, -0.15) is 0 Å². The number of fused-ring (bicyclic) bond motifs is 3. The Morgan fingerprint density at radius 1 is 0.600 bits per heavy atom. The first-order chi connectivity index (χ1) is 14.8. The summed E-state index contributed by atoms with van der Waals surface area (Å²) in [4.78, 5) is 9.23. The van der Waals surface area contributed by atoms with Crippen molar-refractivity contribution in [3.63, 3.8) is 0 Å². The molecule has 0 atom stereocenters. The van der Waals surface area contributed by atoms with E-state index in [0.717, 1.165) is 21.6 Å². The number of thioether (sulfide) groups is 6. The highest BCUT2D eigenvalue weighted by atomic mass is 32.3. The second kappa shape index (κ2) is 7.25. The van der Waals surface area contributed by atoms with Gasteiger partial charge in [0.2, 0.25) is 10.2 Å². The number of nitrogens with zero attached hydrogens (tertiary/aromatic N) is 2. The van der Waals surface area contributed by atoms with E-state index in [1.165, 1.54) is 37.9 Å². The van der Waals surface area contributed by atoms with Crippen molar-refractivity contribution in [1.29, 1.82) is 0 Å². The van der Waals surface area contributed by atoms with E-state index < -0.39 is 0 Å². The lowest BCUT2D eigenvalue weighted by Gasteiger charge is -2.13. The van der Waals surface area contributed by atoms with Crippen LogP contribution in [0, 0.1) is 0 Å². The van der Waals surface area contributed by atoms with Gasteiger partial charge in [0.1, 0.15) is 13.2 Å². The van der Waals surface area contributed by atoms with Crippen molar-refractivity contribution < 1.29 is 9.47 Å². The molecule has 0 radical (unpaired) electrons. The van der Waals surface area contributed by atoms with E-state index in [1.54, 1.807) is 23.5 Å². The molecule has 0 saturated heterocycles. The lowest BCUT2D eigenvalue weighted by molar-refractivity contribution is 0.0949. The summed E-state index contributed by atoms with van der Waals surface area (Å²) in [7, 11) is 0. The third-order valence-electron chi connectivity index (χ3n) is 4.74. The minimum absolute atomic E-state index is 0.638. The zero-order valence-corrected chi connectivity index (χ0v) is 19.9. The van der Waals surface area contributed by atoms with Gasteiger partial charge >= 0.3 is 0 Å². The van der Waals surface area contributed by atoms with Gasteiger partial charge < -0.3 is 9.47 Å². The minimum Gasteiger partial charge on any atom is -0.480 e. The number of rotatable bonds is 0. The van der Waals surface area contributed by atoms with Crippen LogP contribution in [0.4, 0.5) is 0 Å². The maximum atomic E-state index is 5.74. The Morgan fingerprint density at radius 3 is 1.60 bits per heavy atom. The molecular weight excluding hydrogens is 493 g/mol. The van der Waals surface area contributed by atoms with Gasteiger partial charge in [-0.25, -0.2) is 0 Å². The number of ether oxygens (including phenoxy) is 2. The van der Waals surface area contributed by atoms with Crippen molar-refractivity contribution in [2.75, 3.05) is 13.2 Å². The molecule has 0 bridgehead atoms. The van der Waals surface area contributed by atoms with E-state index in [0.29, 0.717) is 13.2 Å². The van der Waals surface area contributed by atoms with Crippen LogP contribution in [-0.2, 0) is 9.47 Å². The van der Waals surface area contributed by atoms with Gasteiger partial charge in [0.15, 0.2) is 0 Å². The average molecular weight is 503 g/mol. The van der Waals surface area contributed by atoms with Crippen LogP contribution in [0.25, 0.3) is 17.0 Å². The zero-order valence-electron chi connectivity index (χ0n) is 15.0. The number of hydrogen-bond donors (Lipinski definition) is 0. The lowest BCUT2D eigenvalue weighted by Crippen LogP contribution is -2.08. The van der Waals surface area contributed by atoms with Crippen LogP contribution < -0.4 is 0 Å². The molecule has 0 saturated carbocycles. The normalized spacial score (nSPS) is 21.6. The fourth-order valence-electron chi connectivity index (χ4n) is 3.53. The van der Waals surface area contributed by atoms with Crippen LogP contribution in [0.2, 0.25) is 0 Å². The summed E-state index contributed by atoms with van der Waals surface area (Å²) in [5.74, 6) is 0. The fourth-order valence-corrected chi connectivity index (χ4v) is 12.6. The third-order valence-corrected chi connectivity index (χ3v) is 13.3. The van der Waals surface area contributed by atoms with E-state index >= 15 is 0 Å². The van der Waals surface area contributed by atoms with E-state index in [9.17, 15) is 0 Å². The van der Waals surface area contributed by atoms with Gasteiger partial charge in [-0.3, -0.25) is 9.97 Å². The first kappa shape index (κ1) is 18.5. The van der Waals surface area contributed by atoms with Gasteiger partial charge in [0.05, 0.1) is 32.6 Å². The Balaban J connectivity index is 1.20. The standard InChI is InChI=1S/C20H10N2O2S6/c1-3-9-11(10-4-2-6-22-13(10)12(9)21-5-1)16-27-19-20(28-16)30-18(29-19)17-25-14-15(26-17)24-8-7-23-14/h1-6H,7-8H2. The molecule has 0 unspecified atom stereocenters. The van der Waals surface area contributed by atoms with Crippen LogP contribution >= 0.6 is 70.6 Å². The molecule has 4 nitrogen and oxygen atoms in total. The van der Waals surface area contributed by atoms with Crippen LogP contribution in [-0.4, -0.2) is 23.2 Å². The van der Waals surface area contributed by atoms with Crippen molar-refractivity contribution in [3.05, 3.63) is 79.2 Å². The van der Waals surface area contributed by atoms with Gasteiger partial charge in [-0.05, 0) is 35.7 Å². The van der Waals surface area contributed by atoms with E-state index in [4.69, 9.17) is 9.47 Å². The second-order valence-electron chi connectivity index (χ2n) is 6.50. The molecule has 0 spiro atoms. The monoisotopic (exact) mass is 502 g/mol. The van der Waals surface area contributed by atoms with Crippen LogP contribution in [0.15, 0.2) is 68.0 Å². The summed E-state index contributed by atoms with van der Waals surface area (Å²) in [5, 5.41) is 1.84. The van der Waals surface area contributed by atoms with E-state index in [-0.39, 0.29) is 0 Å². The van der Waals surface area contributed by atoms with Crippen molar-refractivity contribution in [1.82, 2.24) is 9.97 Å². The molecule has 30 heavy (non-hydrogen) atoms. The Kier molecular flexibility index (Phi) is 4.47. The van der Waals surface area contributed by atoms with Gasteiger partial charge in [0, 0.05) is 29.1 Å². The Hall–Kier alpha value is -1.04. The third kappa shape index (κ3) is 2.84.